The average molecular weight is 470 g/mol. The van der Waals surface area contributed by atoms with Gasteiger partial charge in [-0.15, -0.1) is 6.42 Å². The van der Waals surface area contributed by atoms with Gasteiger partial charge in [-0.2, -0.15) is 9.30 Å². The zero-order valence-corrected chi connectivity index (χ0v) is 20.2. The van der Waals surface area contributed by atoms with Crippen molar-refractivity contribution in [3.05, 3.63) is 58.4 Å². The van der Waals surface area contributed by atoms with Crippen LogP contribution in [-0.4, -0.2) is 36.3 Å². The van der Waals surface area contributed by atoms with E-state index in [2.05, 4.69) is 10.9 Å². The van der Waals surface area contributed by atoms with Crippen LogP contribution in [0.2, 0.25) is 0 Å². The third-order valence-electron chi connectivity index (χ3n) is 4.97. The first-order valence-electron chi connectivity index (χ1n) is 10.5. The zero-order chi connectivity index (χ0) is 23.3. The molecule has 1 aromatic heterocycles. The highest BCUT2D eigenvalue weighted by Gasteiger charge is 2.23. The van der Waals surface area contributed by atoms with Crippen LogP contribution in [0.1, 0.15) is 42.6 Å². The molecule has 0 bridgehead atoms. The molecule has 3 aromatic rings. The van der Waals surface area contributed by atoms with Gasteiger partial charge in [-0.25, -0.2) is 8.42 Å². The molecule has 0 aliphatic rings. The minimum absolute atomic E-state index is 0.177. The molecule has 1 amide bonds. The highest BCUT2D eigenvalue weighted by atomic mass is 32.2. The van der Waals surface area contributed by atoms with Gasteiger partial charge in [0, 0.05) is 18.7 Å². The summed E-state index contributed by atoms with van der Waals surface area (Å²) in [5.41, 5.74) is 2.36. The number of terminal acetylenes is 1. The maximum Gasteiger partial charge on any atom is 0.279 e. The van der Waals surface area contributed by atoms with Crippen LogP contribution < -0.4 is 4.80 Å². The Bertz CT molecular complexity index is 1320. The first-order valence-corrected chi connectivity index (χ1v) is 12.8. The Morgan fingerprint density at radius 1 is 1.12 bits per heavy atom. The first kappa shape index (κ1) is 23.9. The van der Waals surface area contributed by atoms with Crippen LogP contribution in [0.4, 0.5) is 0 Å². The van der Waals surface area contributed by atoms with Crippen LogP contribution >= 0.6 is 11.3 Å². The summed E-state index contributed by atoms with van der Waals surface area (Å²) in [6.07, 6.45) is 7.00. The van der Waals surface area contributed by atoms with E-state index in [0.717, 1.165) is 28.6 Å². The molecule has 0 spiro atoms. The predicted octanol–water partition coefficient (Wildman–Crippen LogP) is 4.20. The van der Waals surface area contributed by atoms with Gasteiger partial charge in [0.25, 0.3) is 5.91 Å². The van der Waals surface area contributed by atoms with Crippen molar-refractivity contribution in [2.24, 2.45) is 4.99 Å². The van der Waals surface area contributed by atoms with Gasteiger partial charge in [-0.1, -0.05) is 37.2 Å². The summed E-state index contributed by atoms with van der Waals surface area (Å²) in [5.74, 6) is 2.17. The van der Waals surface area contributed by atoms with E-state index in [4.69, 9.17) is 6.42 Å². The number of aryl methyl sites for hydroxylation is 1. The lowest BCUT2D eigenvalue weighted by atomic mass is 10.2. The van der Waals surface area contributed by atoms with Crippen LogP contribution in [0.25, 0.3) is 10.2 Å². The number of amides is 1. The van der Waals surface area contributed by atoms with Gasteiger partial charge < -0.3 is 4.57 Å². The smallest absolute Gasteiger partial charge is 0.279 e. The van der Waals surface area contributed by atoms with Crippen LogP contribution in [0.5, 0.6) is 0 Å². The fraction of sp³-hybridized carbons (Fsp3) is 0.333. The Kier molecular flexibility index (Phi) is 7.67. The summed E-state index contributed by atoms with van der Waals surface area (Å²) in [7, 11) is -3.59. The average Bonchev–Trinajstić information content (AvgIpc) is 3.09. The van der Waals surface area contributed by atoms with Crippen molar-refractivity contribution in [2.75, 3.05) is 13.1 Å². The number of nitrogens with zero attached hydrogens (tertiary/aromatic N) is 3. The number of rotatable bonds is 8. The van der Waals surface area contributed by atoms with E-state index in [1.165, 1.54) is 39.9 Å². The fourth-order valence-electron chi connectivity index (χ4n) is 3.43. The molecule has 0 radical (unpaired) electrons. The van der Waals surface area contributed by atoms with Gasteiger partial charge in [0.1, 0.15) is 0 Å². The Balaban J connectivity index is 1.95. The number of aromatic nitrogens is 1. The molecule has 0 atom stereocenters. The molecule has 8 heteroatoms. The Hall–Kier alpha value is -2.73. The van der Waals surface area contributed by atoms with E-state index in [-0.39, 0.29) is 4.90 Å². The quantitative estimate of drug-likeness (QED) is 0.464. The Labute approximate surface area is 193 Å². The first-order chi connectivity index (χ1) is 15.3. The summed E-state index contributed by atoms with van der Waals surface area (Å²) < 4.78 is 30.2. The van der Waals surface area contributed by atoms with Crippen molar-refractivity contribution >= 4 is 37.5 Å². The van der Waals surface area contributed by atoms with E-state index in [9.17, 15) is 13.2 Å². The van der Waals surface area contributed by atoms with E-state index >= 15 is 0 Å². The largest absolute Gasteiger partial charge is 0.305 e. The molecule has 0 aliphatic heterocycles. The summed E-state index contributed by atoms with van der Waals surface area (Å²) in [6, 6.07) is 12.0. The van der Waals surface area contributed by atoms with Crippen LogP contribution in [0, 0.1) is 19.3 Å². The lowest BCUT2D eigenvalue weighted by Gasteiger charge is -2.21. The molecule has 6 nitrogen and oxygen atoms in total. The van der Waals surface area contributed by atoms with Crippen molar-refractivity contribution in [2.45, 2.75) is 45.1 Å². The van der Waals surface area contributed by atoms with E-state index in [1.54, 1.807) is 0 Å². The lowest BCUT2D eigenvalue weighted by Crippen LogP contribution is -2.32. The maximum absolute atomic E-state index is 12.9. The molecule has 2 aromatic carbocycles. The van der Waals surface area contributed by atoms with Crippen LogP contribution in [-0.2, 0) is 16.6 Å². The zero-order valence-electron chi connectivity index (χ0n) is 18.5. The fourth-order valence-corrected chi connectivity index (χ4v) is 6.18. The van der Waals surface area contributed by atoms with E-state index in [0.29, 0.717) is 30.0 Å². The number of carbonyl (C=O) groups is 1. The molecule has 0 fully saturated rings. The molecule has 0 unspecified atom stereocenters. The summed E-state index contributed by atoms with van der Waals surface area (Å²) in [5, 5.41) is 0. The molecular formula is C24H27N3O3S2. The number of hydrogen-bond donors (Lipinski definition) is 0. The number of benzene rings is 2. The van der Waals surface area contributed by atoms with Gasteiger partial charge in [0.05, 0.1) is 21.7 Å². The highest BCUT2D eigenvalue weighted by Crippen LogP contribution is 2.20. The Morgan fingerprint density at radius 2 is 1.78 bits per heavy atom. The second-order valence-electron chi connectivity index (χ2n) is 7.49. The number of carbonyl (C=O) groups excluding carboxylic acids is 1. The summed E-state index contributed by atoms with van der Waals surface area (Å²) in [4.78, 5) is 17.8. The van der Waals surface area contributed by atoms with Gasteiger partial charge in [-0.05, 0) is 61.7 Å². The summed E-state index contributed by atoms with van der Waals surface area (Å²) >= 11 is 1.40. The van der Waals surface area contributed by atoms with Crippen molar-refractivity contribution in [1.29, 1.82) is 0 Å². The van der Waals surface area contributed by atoms with Gasteiger partial charge >= 0.3 is 0 Å². The lowest BCUT2D eigenvalue weighted by molar-refractivity contribution is 0.0998. The monoisotopic (exact) mass is 469 g/mol. The number of sulfonamides is 1. The summed E-state index contributed by atoms with van der Waals surface area (Å²) in [6.45, 7) is 7.13. The molecule has 0 aliphatic carbocycles. The van der Waals surface area contributed by atoms with Crippen molar-refractivity contribution in [3.8, 4) is 12.3 Å². The second-order valence-corrected chi connectivity index (χ2v) is 10.4. The SMILES string of the molecule is C#CCn1c(=NC(=O)c2ccc(S(=O)(=O)N(CCC)CCC)cc2)sc2cc(C)ccc21. The van der Waals surface area contributed by atoms with Gasteiger partial charge in [0.15, 0.2) is 4.80 Å². The highest BCUT2D eigenvalue weighted by molar-refractivity contribution is 7.89. The molecular weight excluding hydrogens is 442 g/mol. The predicted molar refractivity (Wildman–Crippen MR) is 129 cm³/mol. The van der Waals surface area contributed by atoms with E-state index < -0.39 is 15.9 Å². The molecule has 3 rings (SSSR count). The molecule has 0 saturated heterocycles. The number of fused-ring (bicyclic) bond motifs is 1. The van der Waals surface area contributed by atoms with E-state index in [1.807, 2.05) is 43.5 Å². The van der Waals surface area contributed by atoms with Crippen LogP contribution in [0.15, 0.2) is 52.4 Å². The third-order valence-corrected chi connectivity index (χ3v) is 7.92. The second kappa shape index (κ2) is 10.3. The molecule has 168 valence electrons. The molecule has 0 saturated carbocycles. The maximum atomic E-state index is 12.9. The van der Waals surface area contributed by atoms with Gasteiger partial charge in [-0.3, -0.25) is 4.79 Å². The molecule has 32 heavy (non-hydrogen) atoms. The Morgan fingerprint density at radius 3 is 2.38 bits per heavy atom. The van der Waals surface area contributed by atoms with Crippen LogP contribution in [0.3, 0.4) is 0 Å². The minimum atomic E-state index is -3.59. The minimum Gasteiger partial charge on any atom is -0.305 e. The molecule has 1 heterocycles. The van der Waals surface area contributed by atoms with Crippen molar-refractivity contribution < 1.29 is 13.2 Å². The third kappa shape index (κ3) is 5.01. The number of hydrogen-bond acceptors (Lipinski definition) is 4. The normalized spacial score (nSPS) is 12.4. The topological polar surface area (TPSA) is 71.7 Å². The standard InChI is InChI=1S/C24H27N3O3S2/c1-5-14-26(15-6-2)32(29,30)20-11-9-19(10-12-20)23(28)25-24-27(16-7-3)21-13-8-18(4)17-22(21)31-24/h3,8-13,17H,5-6,14-16H2,1-2,4H3. The van der Waals surface area contributed by atoms with Crippen molar-refractivity contribution in [1.82, 2.24) is 8.87 Å². The van der Waals surface area contributed by atoms with Gasteiger partial charge in [0.2, 0.25) is 10.0 Å². The number of thiazole rings is 1. The van der Waals surface area contributed by atoms with Crippen molar-refractivity contribution in [3.63, 3.8) is 0 Å². The molecule has 0 N–H and O–H groups in total.